The predicted molar refractivity (Wildman–Crippen MR) is 96.6 cm³/mol. The highest BCUT2D eigenvalue weighted by molar-refractivity contribution is 6.03. The second kappa shape index (κ2) is 6.20. The van der Waals surface area contributed by atoms with E-state index in [4.69, 9.17) is 10.5 Å². The number of aromatic nitrogens is 5. The van der Waals surface area contributed by atoms with Crippen molar-refractivity contribution >= 4 is 16.8 Å². The summed E-state index contributed by atoms with van der Waals surface area (Å²) in [4.78, 5) is 16.0. The Morgan fingerprint density at radius 3 is 2.93 bits per heavy atom. The molecule has 3 heterocycles. The number of carbonyl (C=O) groups excluding carboxylic acids is 1. The minimum atomic E-state index is -0.660. The molecule has 4 aromatic rings. The van der Waals surface area contributed by atoms with Crippen LogP contribution in [0.3, 0.4) is 0 Å². The Hall–Kier alpha value is -3.75. The maximum absolute atomic E-state index is 14.4. The lowest BCUT2D eigenvalue weighted by molar-refractivity contribution is 0.0995. The molecule has 8 nitrogen and oxygen atoms in total. The fraction of sp³-hybridized carbons (Fsp3) is 0.111. The second-order valence-electron chi connectivity index (χ2n) is 5.93. The average Bonchev–Trinajstić information content (AvgIpc) is 3.24. The SMILES string of the molecule is COc1cccc(F)c1-c1cc2c(-c3cn(C)nc3C(N)=O)n[nH]c2cn1. The lowest BCUT2D eigenvalue weighted by Crippen LogP contribution is -2.13. The fourth-order valence-electron chi connectivity index (χ4n) is 3.03. The zero-order valence-corrected chi connectivity index (χ0v) is 14.5. The van der Waals surface area contributed by atoms with Crippen molar-refractivity contribution in [3.05, 3.63) is 48.2 Å². The van der Waals surface area contributed by atoms with Crippen LogP contribution >= 0.6 is 0 Å². The first-order chi connectivity index (χ1) is 13.0. The van der Waals surface area contributed by atoms with Crippen LogP contribution < -0.4 is 10.5 Å². The second-order valence-corrected chi connectivity index (χ2v) is 5.93. The number of amides is 1. The molecule has 9 heteroatoms. The van der Waals surface area contributed by atoms with Crippen LogP contribution in [0.25, 0.3) is 33.4 Å². The molecule has 136 valence electrons. The van der Waals surface area contributed by atoms with Gasteiger partial charge in [-0.05, 0) is 18.2 Å². The van der Waals surface area contributed by atoms with E-state index in [0.717, 1.165) is 0 Å². The van der Waals surface area contributed by atoms with Crippen LogP contribution in [0.4, 0.5) is 4.39 Å². The van der Waals surface area contributed by atoms with Gasteiger partial charge in [-0.2, -0.15) is 10.2 Å². The summed E-state index contributed by atoms with van der Waals surface area (Å²) in [5.41, 5.74) is 7.74. The van der Waals surface area contributed by atoms with Gasteiger partial charge in [-0.25, -0.2) is 4.39 Å². The number of nitrogens with two attached hydrogens (primary N) is 1. The quantitative estimate of drug-likeness (QED) is 0.575. The van der Waals surface area contributed by atoms with Gasteiger partial charge in [0, 0.05) is 18.6 Å². The highest BCUT2D eigenvalue weighted by Gasteiger charge is 2.21. The molecule has 0 unspecified atom stereocenters. The van der Waals surface area contributed by atoms with Crippen LogP contribution in [-0.4, -0.2) is 38.0 Å². The van der Waals surface area contributed by atoms with Crippen molar-refractivity contribution in [2.75, 3.05) is 7.11 Å². The number of hydrogen-bond donors (Lipinski definition) is 2. The molecule has 0 bridgehead atoms. The van der Waals surface area contributed by atoms with Gasteiger partial charge in [0.2, 0.25) is 0 Å². The summed E-state index contributed by atoms with van der Waals surface area (Å²) in [5.74, 6) is -0.747. The number of aromatic amines is 1. The molecule has 0 saturated heterocycles. The molecule has 3 N–H and O–H groups in total. The van der Waals surface area contributed by atoms with Crippen molar-refractivity contribution in [3.8, 4) is 28.3 Å². The first-order valence-electron chi connectivity index (χ1n) is 8.00. The number of H-pyrrole nitrogens is 1. The number of fused-ring (bicyclic) bond motifs is 1. The number of pyridine rings is 1. The normalized spacial score (nSPS) is 11.1. The first kappa shape index (κ1) is 16.7. The molecule has 0 aliphatic carbocycles. The highest BCUT2D eigenvalue weighted by Crippen LogP contribution is 2.35. The van der Waals surface area contributed by atoms with Gasteiger partial charge in [-0.3, -0.25) is 19.6 Å². The van der Waals surface area contributed by atoms with Gasteiger partial charge in [0.05, 0.1) is 35.6 Å². The van der Waals surface area contributed by atoms with Gasteiger partial charge < -0.3 is 10.5 Å². The van der Waals surface area contributed by atoms with Gasteiger partial charge >= 0.3 is 0 Å². The molecular weight excluding hydrogens is 351 g/mol. The predicted octanol–water partition coefficient (Wildman–Crippen LogP) is 2.27. The molecule has 27 heavy (non-hydrogen) atoms. The Kier molecular flexibility index (Phi) is 3.84. The number of nitrogens with zero attached hydrogens (tertiary/aromatic N) is 4. The number of hydrogen-bond acceptors (Lipinski definition) is 5. The van der Waals surface area contributed by atoms with Gasteiger partial charge in [0.15, 0.2) is 5.69 Å². The molecule has 3 aromatic heterocycles. The van der Waals surface area contributed by atoms with E-state index in [1.165, 1.54) is 17.9 Å². The van der Waals surface area contributed by atoms with Gasteiger partial charge in [0.1, 0.15) is 17.3 Å². The number of nitrogens with one attached hydrogen (secondary N) is 1. The van der Waals surface area contributed by atoms with E-state index >= 15 is 0 Å². The van der Waals surface area contributed by atoms with Gasteiger partial charge in [-0.1, -0.05) is 6.07 Å². The summed E-state index contributed by atoms with van der Waals surface area (Å²) in [7, 11) is 3.15. The third-order valence-corrected chi connectivity index (χ3v) is 4.22. The molecule has 0 saturated carbocycles. The van der Waals surface area contributed by atoms with Crippen LogP contribution in [-0.2, 0) is 7.05 Å². The number of primary amides is 1. The molecule has 0 fully saturated rings. The van der Waals surface area contributed by atoms with E-state index in [2.05, 4.69) is 20.3 Å². The zero-order valence-electron chi connectivity index (χ0n) is 14.5. The van der Waals surface area contributed by atoms with Gasteiger partial charge in [-0.15, -0.1) is 0 Å². The summed E-state index contributed by atoms with van der Waals surface area (Å²) in [6, 6.07) is 6.25. The van der Waals surface area contributed by atoms with Crippen LogP contribution in [0.5, 0.6) is 5.75 Å². The Morgan fingerprint density at radius 1 is 1.37 bits per heavy atom. The van der Waals surface area contributed by atoms with Crippen molar-refractivity contribution in [2.45, 2.75) is 0 Å². The van der Waals surface area contributed by atoms with Crippen molar-refractivity contribution in [3.63, 3.8) is 0 Å². The maximum atomic E-state index is 14.4. The topological polar surface area (TPSA) is 112 Å². The third-order valence-electron chi connectivity index (χ3n) is 4.22. The van der Waals surface area contributed by atoms with Crippen LogP contribution in [0.1, 0.15) is 10.5 Å². The highest BCUT2D eigenvalue weighted by atomic mass is 19.1. The molecular formula is C18H15FN6O2. The molecule has 0 spiro atoms. The Labute approximate surface area is 152 Å². The Balaban J connectivity index is 1.95. The Bertz CT molecular complexity index is 1180. The summed E-state index contributed by atoms with van der Waals surface area (Å²) >= 11 is 0. The number of carbonyl (C=O) groups is 1. The summed E-state index contributed by atoms with van der Waals surface area (Å²) in [6.07, 6.45) is 3.20. The fourth-order valence-corrected chi connectivity index (χ4v) is 3.03. The maximum Gasteiger partial charge on any atom is 0.269 e. The monoisotopic (exact) mass is 366 g/mol. The summed E-state index contributed by atoms with van der Waals surface area (Å²) < 4.78 is 21.2. The molecule has 1 aromatic carbocycles. The smallest absolute Gasteiger partial charge is 0.269 e. The number of halogens is 1. The largest absolute Gasteiger partial charge is 0.496 e. The molecule has 0 radical (unpaired) electrons. The molecule has 0 atom stereocenters. The molecule has 4 rings (SSSR count). The van der Waals surface area contributed by atoms with Crippen molar-refractivity contribution in [2.24, 2.45) is 12.8 Å². The van der Waals surface area contributed by atoms with E-state index < -0.39 is 11.7 Å². The van der Waals surface area contributed by atoms with E-state index in [9.17, 15) is 9.18 Å². The zero-order chi connectivity index (χ0) is 19.1. The number of rotatable bonds is 4. The Morgan fingerprint density at radius 2 is 2.19 bits per heavy atom. The number of benzene rings is 1. The van der Waals surface area contributed by atoms with Crippen LogP contribution in [0.15, 0.2) is 36.7 Å². The van der Waals surface area contributed by atoms with Crippen LogP contribution in [0, 0.1) is 5.82 Å². The molecule has 0 aliphatic heterocycles. The van der Waals surface area contributed by atoms with Crippen molar-refractivity contribution < 1.29 is 13.9 Å². The minimum absolute atomic E-state index is 0.104. The van der Waals surface area contributed by atoms with Crippen molar-refractivity contribution in [1.29, 1.82) is 0 Å². The number of methoxy groups -OCH3 is 1. The van der Waals surface area contributed by atoms with E-state index in [0.29, 0.717) is 33.6 Å². The lowest BCUT2D eigenvalue weighted by Gasteiger charge is -2.09. The standard InChI is InChI=1S/C18H15FN6O2/c1-25-8-10(17(24-25)18(20)26)16-9-6-12(21-7-13(9)22-23-16)15-11(19)4-3-5-14(15)27-2/h3-8H,1-2H3,(H2,20,26)(H,22,23). The molecule has 0 aliphatic rings. The average molecular weight is 366 g/mol. The van der Waals surface area contributed by atoms with E-state index in [1.807, 2.05) is 0 Å². The minimum Gasteiger partial charge on any atom is -0.496 e. The summed E-state index contributed by atoms with van der Waals surface area (Å²) in [5, 5.41) is 11.9. The first-order valence-corrected chi connectivity index (χ1v) is 8.00. The lowest BCUT2D eigenvalue weighted by atomic mass is 10.0. The third kappa shape index (κ3) is 2.69. The van der Waals surface area contributed by atoms with Crippen LogP contribution in [0.2, 0.25) is 0 Å². The van der Waals surface area contributed by atoms with E-state index in [-0.39, 0.29) is 11.3 Å². The van der Waals surface area contributed by atoms with E-state index in [1.54, 1.807) is 37.6 Å². The van der Waals surface area contributed by atoms with Gasteiger partial charge in [0.25, 0.3) is 5.91 Å². The summed E-state index contributed by atoms with van der Waals surface area (Å²) in [6.45, 7) is 0. The molecule has 1 amide bonds. The van der Waals surface area contributed by atoms with Crippen molar-refractivity contribution in [1.82, 2.24) is 25.0 Å². The number of aryl methyl sites for hydroxylation is 1. The number of ether oxygens (including phenoxy) is 1.